The highest BCUT2D eigenvalue weighted by Crippen LogP contribution is 2.45. The van der Waals surface area contributed by atoms with Gasteiger partial charge in [-0.2, -0.15) is 0 Å². The lowest BCUT2D eigenvalue weighted by Gasteiger charge is -2.12. The van der Waals surface area contributed by atoms with Crippen molar-refractivity contribution in [3.63, 3.8) is 0 Å². The van der Waals surface area contributed by atoms with Crippen LogP contribution in [0.5, 0.6) is 0 Å². The molecule has 0 aliphatic rings. The molecule has 11 aromatic carbocycles. The van der Waals surface area contributed by atoms with Gasteiger partial charge in [0.2, 0.25) is 0 Å². The summed E-state index contributed by atoms with van der Waals surface area (Å²) in [6.07, 6.45) is 3.72. The maximum Gasteiger partial charge on any atom is 0.143 e. The average molecular weight is 1030 g/mol. The van der Waals surface area contributed by atoms with Crippen LogP contribution in [-0.2, 0) is 0 Å². The van der Waals surface area contributed by atoms with E-state index >= 15 is 0 Å². The highest BCUT2D eigenvalue weighted by atomic mass is 16.3. The third-order valence-corrected chi connectivity index (χ3v) is 16.2. The lowest BCUT2D eigenvalue weighted by atomic mass is 9.92. The van der Waals surface area contributed by atoms with Gasteiger partial charge in [0.1, 0.15) is 11.2 Å². The number of hydrogen-bond acceptors (Lipinski definition) is 3. The summed E-state index contributed by atoms with van der Waals surface area (Å²) < 4.78 is 11.8. The molecule has 0 N–H and O–H groups in total. The third kappa shape index (κ3) is 7.78. The molecule has 16 aromatic rings. The average Bonchev–Trinajstić information content (AvgIpc) is 4.25. The molecular formula is C76H48N4O. The van der Waals surface area contributed by atoms with Crippen molar-refractivity contribution >= 4 is 65.6 Å². The summed E-state index contributed by atoms with van der Waals surface area (Å²) in [6.45, 7) is 0. The molecule has 0 aliphatic heterocycles. The molecule has 0 aliphatic carbocycles. The van der Waals surface area contributed by atoms with Crippen molar-refractivity contribution in [3.05, 3.63) is 291 Å². The third-order valence-electron chi connectivity index (χ3n) is 16.2. The molecule has 0 fully saturated rings. The Kier molecular flexibility index (Phi) is 10.8. The largest absolute Gasteiger partial charge is 0.455 e. The van der Waals surface area contributed by atoms with E-state index in [1.165, 1.54) is 27.1 Å². The van der Waals surface area contributed by atoms with E-state index in [1.807, 2.05) is 30.6 Å². The molecule has 0 radical (unpaired) electrons. The number of para-hydroxylation sites is 3. The van der Waals surface area contributed by atoms with Crippen molar-refractivity contribution in [1.29, 1.82) is 0 Å². The number of nitrogens with zero attached hydrogens (tertiary/aromatic N) is 4. The van der Waals surface area contributed by atoms with Crippen LogP contribution in [0.15, 0.2) is 296 Å². The number of pyridine rings is 2. The lowest BCUT2D eigenvalue weighted by Crippen LogP contribution is -1.93. The molecule has 0 unspecified atom stereocenters. The van der Waals surface area contributed by atoms with Gasteiger partial charge in [-0.3, -0.25) is 9.97 Å². The molecule has 0 spiro atoms. The van der Waals surface area contributed by atoms with Crippen molar-refractivity contribution in [2.45, 2.75) is 0 Å². The van der Waals surface area contributed by atoms with Crippen LogP contribution in [0.4, 0.5) is 0 Å². The van der Waals surface area contributed by atoms with Crippen molar-refractivity contribution in [2.24, 2.45) is 0 Å². The van der Waals surface area contributed by atoms with Gasteiger partial charge in [0, 0.05) is 72.8 Å². The van der Waals surface area contributed by atoms with Gasteiger partial charge >= 0.3 is 0 Å². The van der Waals surface area contributed by atoms with Crippen molar-refractivity contribution in [1.82, 2.24) is 19.1 Å². The first-order valence-electron chi connectivity index (χ1n) is 27.5. The number of hydrogen-bond donors (Lipinski definition) is 0. The minimum Gasteiger partial charge on any atom is -0.455 e. The van der Waals surface area contributed by atoms with Gasteiger partial charge in [-0.25, -0.2) is 0 Å². The van der Waals surface area contributed by atoms with Crippen molar-refractivity contribution in [3.8, 4) is 89.5 Å². The molecule has 5 nitrogen and oxygen atoms in total. The molecule has 5 heterocycles. The van der Waals surface area contributed by atoms with Crippen LogP contribution in [-0.4, -0.2) is 19.1 Å². The predicted molar refractivity (Wildman–Crippen MR) is 336 cm³/mol. The summed E-state index contributed by atoms with van der Waals surface area (Å²) >= 11 is 0. The minimum absolute atomic E-state index is 0.837. The lowest BCUT2D eigenvalue weighted by molar-refractivity contribution is 0.670. The smallest absolute Gasteiger partial charge is 0.143 e. The Hall–Kier alpha value is -10.9. The Labute approximate surface area is 467 Å². The molecule has 0 saturated heterocycles. The topological polar surface area (TPSA) is 48.8 Å². The van der Waals surface area contributed by atoms with Gasteiger partial charge < -0.3 is 13.6 Å². The van der Waals surface area contributed by atoms with Crippen molar-refractivity contribution in [2.75, 3.05) is 0 Å². The van der Waals surface area contributed by atoms with Crippen LogP contribution in [0.2, 0.25) is 0 Å². The van der Waals surface area contributed by atoms with Crippen LogP contribution in [0, 0.1) is 0 Å². The van der Waals surface area contributed by atoms with E-state index in [0.717, 1.165) is 128 Å². The monoisotopic (exact) mass is 1030 g/mol. The predicted octanol–water partition coefficient (Wildman–Crippen LogP) is 20.2. The van der Waals surface area contributed by atoms with Gasteiger partial charge in [-0.05, 0) is 171 Å². The first-order chi connectivity index (χ1) is 40.2. The van der Waals surface area contributed by atoms with Crippen LogP contribution < -0.4 is 0 Å². The maximum absolute atomic E-state index is 7.05. The standard InChI is InChI=1S/C76H48N4O/c1-3-20-56(21-4-1)79-71-31-12-11-28-62(71)64-45-54(34-38-72(64)79)63-47-55(48-68-67-46-53(35-39-75(67)81-76(63)68)59-25-8-10-27-61(59)70-30-14-16-41-78-70)50-19-17-18-49(42-50)51-32-36-73-65(43-51)66-44-52(33-37-74(66)80(73)57-22-5-2-6-23-57)58-24-7-9-26-60(58)69-29-13-15-40-77-69/h1-48H. The van der Waals surface area contributed by atoms with Crippen molar-refractivity contribution < 1.29 is 4.42 Å². The van der Waals surface area contributed by atoms with Crippen LogP contribution in [0.3, 0.4) is 0 Å². The number of aromatic nitrogens is 4. The van der Waals surface area contributed by atoms with E-state index in [0.29, 0.717) is 0 Å². The van der Waals surface area contributed by atoms with Gasteiger partial charge in [-0.15, -0.1) is 0 Å². The summed E-state index contributed by atoms with van der Waals surface area (Å²) in [6, 6.07) is 100. The van der Waals surface area contributed by atoms with Gasteiger partial charge in [0.05, 0.1) is 33.5 Å². The van der Waals surface area contributed by atoms with E-state index < -0.39 is 0 Å². The fourth-order valence-electron chi connectivity index (χ4n) is 12.5. The zero-order valence-electron chi connectivity index (χ0n) is 43.9. The zero-order chi connectivity index (χ0) is 53.4. The maximum atomic E-state index is 7.05. The molecule has 16 rings (SSSR count). The summed E-state index contributed by atoms with van der Waals surface area (Å²) in [7, 11) is 0. The SMILES string of the molecule is c1ccc(-n2c3ccc(-c4cccc(-c5cc(-c6ccc7c(c6)c6ccccc6n7-c6ccccc6)c6oc7ccc(-c8ccccc8-c8ccccn8)cc7c6c5)c4)cc3c3cc(-c4ccccc4-c4ccccn4)ccc32)cc1. The van der Waals surface area contributed by atoms with Crippen LogP contribution >= 0.6 is 0 Å². The second kappa shape index (κ2) is 18.9. The number of fused-ring (bicyclic) bond motifs is 9. The first kappa shape index (κ1) is 46.2. The molecule has 5 aromatic heterocycles. The van der Waals surface area contributed by atoms with Gasteiger partial charge in [0.25, 0.3) is 0 Å². The fourth-order valence-corrected chi connectivity index (χ4v) is 12.5. The zero-order valence-corrected chi connectivity index (χ0v) is 43.9. The molecule has 0 amide bonds. The minimum atomic E-state index is 0.837. The number of rotatable bonds is 9. The second-order valence-electron chi connectivity index (χ2n) is 20.9. The Bertz CT molecular complexity index is 5090. The van der Waals surface area contributed by atoms with E-state index in [9.17, 15) is 0 Å². The Morgan fingerprint density at radius 3 is 1.27 bits per heavy atom. The van der Waals surface area contributed by atoms with Gasteiger partial charge in [0.15, 0.2) is 0 Å². The second-order valence-corrected chi connectivity index (χ2v) is 20.9. The molecule has 0 saturated carbocycles. The van der Waals surface area contributed by atoms with Crippen LogP contribution in [0.25, 0.3) is 155 Å². The fraction of sp³-hybridized carbons (Fsp3) is 0. The summed E-state index contributed by atoms with van der Waals surface area (Å²) in [5.41, 5.74) is 23.8. The number of furan rings is 1. The molecular weight excluding hydrogens is 985 g/mol. The Morgan fingerprint density at radius 1 is 0.247 bits per heavy atom. The first-order valence-corrected chi connectivity index (χ1v) is 27.5. The summed E-state index contributed by atoms with van der Waals surface area (Å²) in [5.74, 6) is 0. The molecule has 378 valence electrons. The van der Waals surface area contributed by atoms with E-state index in [4.69, 9.17) is 14.4 Å². The molecule has 81 heavy (non-hydrogen) atoms. The molecule has 5 heteroatoms. The quantitative estimate of drug-likeness (QED) is 0.145. The van der Waals surface area contributed by atoms with E-state index in [1.54, 1.807) is 0 Å². The van der Waals surface area contributed by atoms with Gasteiger partial charge in [-0.1, -0.05) is 158 Å². The summed E-state index contributed by atoms with van der Waals surface area (Å²) in [4.78, 5) is 9.52. The molecule has 0 bridgehead atoms. The van der Waals surface area contributed by atoms with E-state index in [-0.39, 0.29) is 0 Å². The Morgan fingerprint density at radius 2 is 0.679 bits per heavy atom. The molecule has 0 atom stereocenters. The summed E-state index contributed by atoms with van der Waals surface area (Å²) in [5, 5.41) is 6.88. The highest BCUT2D eigenvalue weighted by molar-refractivity contribution is 6.16. The Balaban J connectivity index is 0.881. The highest BCUT2D eigenvalue weighted by Gasteiger charge is 2.21. The van der Waals surface area contributed by atoms with E-state index in [2.05, 4.69) is 270 Å². The normalized spacial score (nSPS) is 11.7. The number of benzene rings is 11. The van der Waals surface area contributed by atoms with Crippen LogP contribution in [0.1, 0.15) is 0 Å².